The third-order valence-electron chi connectivity index (χ3n) is 11.5. The molecule has 0 saturated heterocycles. The second-order valence-corrected chi connectivity index (χ2v) is 16.4. The van der Waals surface area contributed by atoms with Gasteiger partial charge in [-0.3, -0.25) is 9.98 Å². The molecule has 8 aromatic carbocycles. The average Bonchev–Trinajstić information content (AvgIpc) is 3.25. The highest BCUT2D eigenvalue weighted by Crippen LogP contribution is 2.45. The van der Waals surface area contributed by atoms with E-state index in [1.807, 2.05) is 0 Å². The molecule has 0 saturated carbocycles. The molecular weight excluding hydrogens is 725 g/mol. The summed E-state index contributed by atoms with van der Waals surface area (Å²) in [6.07, 6.45) is 0. The number of rotatable bonds is 9. The highest BCUT2D eigenvalue weighted by molar-refractivity contribution is 6.42. The molecule has 2 heteroatoms. The number of hydrogen-bond donors (Lipinski definition) is 0. The van der Waals surface area contributed by atoms with Gasteiger partial charge in [-0.15, -0.1) is 0 Å². The Bertz CT molecular complexity index is 2520. The van der Waals surface area contributed by atoms with Crippen LogP contribution < -0.4 is 0 Å². The van der Waals surface area contributed by atoms with E-state index in [0.717, 1.165) is 78.4 Å². The van der Waals surface area contributed by atoms with Crippen LogP contribution in [0.4, 0.5) is 11.4 Å². The molecule has 0 fully saturated rings. The summed E-state index contributed by atoms with van der Waals surface area (Å²) in [5, 5.41) is 0. The van der Waals surface area contributed by atoms with Crippen LogP contribution in [-0.4, -0.2) is 11.4 Å². The Labute approximate surface area is 356 Å². The molecule has 0 atom stereocenters. The van der Waals surface area contributed by atoms with E-state index in [9.17, 15) is 0 Å². The van der Waals surface area contributed by atoms with Crippen molar-refractivity contribution in [1.82, 2.24) is 0 Å². The van der Waals surface area contributed by atoms with E-state index in [1.54, 1.807) is 0 Å². The fourth-order valence-electron chi connectivity index (χ4n) is 7.65. The smallest absolute Gasteiger partial charge is 0.0790 e. The van der Waals surface area contributed by atoms with Gasteiger partial charge in [0.15, 0.2) is 0 Å². The van der Waals surface area contributed by atoms with E-state index in [0.29, 0.717) is 0 Å². The lowest BCUT2D eigenvalue weighted by Crippen LogP contribution is -2.06. The third kappa shape index (κ3) is 8.75. The molecule has 0 aliphatic carbocycles. The van der Waals surface area contributed by atoms with Crippen LogP contribution in [0.5, 0.6) is 0 Å². The molecule has 0 amide bonds. The average molecular weight is 777 g/mol. The maximum atomic E-state index is 5.59. The first-order chi connectivity index (χ1) is 29.0. The summed E-state index contributed by atoms with van der Waals surface area (Å²) < 4.78 is 0. The van der Waals surface area contributed by atoms with Crippen LogP contribution in [0, 0.1) is 41.5 Å². The highest BCUT2D eigenvalue weighted by Gasteiger charge is 2.19. The summed E-state index contributed by atoms with van der Waals surface area (Å²) in [5.74, 6) is 0. The Morgan fingerprint density at radius 3 is 0.633 bits per heavy atom. The molecular formula is C58H52N2. The van der Waals surface area contributed by atoms with Crippen LogP contribution >= 0.6 is 0 Å². The molecule has 0 aliphatic heterocycles. The number of aryl methyl sites for hydroxylation is 6. The quantitative estimate of drug-likeness (QED) is 0.130. The van der Waals surface area contributed by atoms with Crippen LogP contribution in [0.1, 0.15) is 47.2 Å². The van der Waals surface area contributed by atoms with Gasteiger partial charge in [-0.1, -0.05) is 179 Å². The highest BCUT2D eigenvalue weighted by atomic mass is 14.8. The first-order valence-electron chi connectivity index (χ1n) is 20.9. The lowest BCUT2D eigenvalue weighted by atomic mass is 9.90. The maximum absolute atomic E-state index is 5.59. The monoisotopic (exact) mass is 776 g/mol. The SMILES string of the molecule is CC(=Nc1c(-c2ccc(C)cc2)cc(-c2ccc(C)cc2)cc1-c1ccc(C)cc1)C(C)=Nc1c(-c2ccc(C)cc2)cc(-c2ccc(C)cc2)cc1-c1ccc(C)cc1. The summed E-state index contributed by atoms with van der Waals surface area (Å²) in [4.78, 5) is 11.2. The Morgan fingerprint density at radius 2 is 0.433 bits per heavy atom. The van der Waals surface area contributed by atoms with E-state index >= 15 is 0 Å². The molecule has 0 aliphatic rings. The molecule has 0 heterocycles. The van der Waals surface area contributed by atoms with Gasteiger partial charge in [0.25, 0.3) is 0 Å². The Hall–Kier alpha value is -6.90. The van der Waals surface area contributed by atoms with Gasteiger partial charge >= 0.3 is 0 Å². The van der Waals surface area contributed by atoms with Gasteiger partial charge in [0.05, 0.1) is 22.8 Å². The minimum absolute atomic E-state index is 0.854. The largest absolute Gasteiger partial charge is 0.251 e. The second-order valence-electron chi connectivity index (χ2n) is 16.4. The molecule has 0 bridgehead atoms. The van der Waals surface area contributed by atoms with Crippen molar-refractivity contribution in [3.63, 3.8) is 0 Å². The molecule has 0 aromatic heterocycles. The van der Waals surface area contributed by atoms with Crippen LogP contribution in [0.2, 0.25) is 0 Å². The van der Waals surface area contributed by atoms with Gasteiger partial charge in [0, 0.05) is 22.3 Å². The Kier molecular flexibility index (Phi) is 11.4. The minimum atomic E-state index is 0.854. The zero-order valence-electron chi connectivity index (χ0n) is 36.1. The zero-order valence-corrected chi connectivity index (χ0v) is 36.1. The molecule has 8 rings (SSSR count). The lowest BCUT2D eigenvalue weighted by molar-refractivity contribution is 1.42. The van der Waals surface area contributed by atoms with Crippen molar-refractivity contribution in [2.75, 3.05) is 0 Å². The number of aliphatic imine (C=N–C) groups is 2. The van der Waals surface area contributed by atoms with Crippen molar-refractivity contribution in [2.45, 2.75) is 55.4 Å². The maximum Gasteiger partial charge on any atom is 0.0790 e. The van der Waals surface area contributed by atoms with Gasteiger partial charge in [-0.25, -0.2) is 0 Å². The fourth-order valence-corrected chi connectivity index (χ4v) is 7.65. The molecule has 0 N–H and O–H groups in total. The van der Waals surface area contributed by atoms with Gasteiger partial charge in [0.1, 0.15) is 0 Å². The van der Waals surface area contributed by atoms with E-state index in [-0.39, 0.29) is 0 Å². The topological polar surface area (TPSA) is 24.7 Å². The van der Waals surface area contributed by atoms with E-state index in [1.165, 1.54) is 44.5 Å². The van der Waals surface area contributed by atoms with Gasteiger partial charge in [-0.2, -0.15) is 0 Å². The molecule has 0 radical (unpaired) electrons. The van der Waals surface area contributed by atoms with E-state index < -0.39 is 0 Å². The summed E-state index contributed by atoms with van der Waals surface area (Å²) in [6.45, 7) is 17.0. The van der Waals surface area contributed by atoms with Crippen LogP contribution in [0.25, 0.3) is 66.8 Å². The normalized spacial score (nSPS) is 11.9. The lowest BCUT2D eigenvalue weighted by Gasteiger charge is -2.18. The number of nitrogens with zero attached hydrogens (tertiary/aromatic N) is 2. The van der Waals surface area contributed by atoms with Gasteiger partial charge < -0.3 is 0 Å². The van der Waals surface area contributed by atoms with Crippen molar-refractivity contribution >= 4 is 22.8 Å². The van der Waals surface area contributed by atoms with Crippen LogP contribution in [0.15, 0.2) is 180 Å². The molecule has 2 nitrogen and oxygen atoms in total. The van der Waals surface area contributed by atoms with Crippen molar-refractivity contribution in [3.05, 3.63) is 203 Å². The van der Waals surface area contributed by atoms with Crippen molar-refractivity contribution in [1.29, 1.82) is 0 Å². The molecule has 60 heavy (non-hydrogen) atoms. The molecule has 0 spiro atoms. The van der Waals surface area contributed by atoms with E-state index in [4.69, 9.17) is 9.98 Å². The number of hydrogen-bond acceptors (Lipinski definition) is 2. The van der Waals surface area contributed by atoms with Crippen molar-refractivity contribution < 1.29 is 0 Å². The Balaban J connectivity index is 1.37. The van der Waals surface area contributed by atoms with Crippen LogP contribution in [-0.2, 0) is 0 Å². The first kappa shape index (κ1) is 39.9. The predicted molar refractivity (Wildman–Crippen MR) is 259 cm³/mol. The standard InChI is InChI=1S/C58H52N2/c1-37-9-21-45(22-10-37)51-33-53(47-25-13-39(3)14-26-47)57(54(34-51)48-27-15-40(4)16-28-48)59-43(7)44(8)60-58-55(49-29-17-41(5)18-30-49)35-52(46-23-11-38(2)12-24-46)36-56(58)50-31-19-42(6)20-32-50/h9-36H,1-8H3. The third-order valence-corrected chi connectivity index (χ3v) is 11.5. The predicted octanol–water partition coefficient (Wildman–Crippen LogP) is 16.4. The van der Waals surface area contributed by atoms with Crippen LogP contribution in [0.3, 0.4) is 0 Å². The van der Waals surface area contributed by atoms with Gasteiger partial charge in [0.2, 0.25) is 0 Å². The summed E-state index contributed by atoms with van der Waals surface area (Å²) in [7, 11) is 0. The summed E-state index contributed by atoms with van der Waals surface area (Å²) >= 11 is 0. The number of benzene rings is 8. The summed E-state index contributed by atoms with van der Waals surface area (Å²) in [5.41, 5.74) is 24.4. The first-order valence-corrected chi connectivity index (χ1v) is 20.9. The minimum Gasteiger partial charge on any atom is -0.251 e. The molecule has 0 unspecified atom stereocenters. The van der Waals surface area contributed by atoms with Gasteiger partial charge in [-0.05, 0) is 124 Å². The second kappa shape index (κ2) is 17.1. The van der Waals surface area contributed by atoms with Crippen molar-refractivity contribution in [2.24, 2.45) is 9.98 Å². The van der Waals surface area contributed by atoms with Crippen molar-refractivity contribution in [3.8, 4) is 66.8 Å². The molecule has 294 valence electrons. The zero-order chi connectivity index (χ0) is 41.9. The fraction of sp³-hybridized carbons (Fsp3) is 0.138. The van der Waals surface area contributed by atoms with E-state index in [2.05, 4.69) is 225 Å². The summed E-state index contributed by atoms with van der Waals surface area (Å²) in [6, 6.07) is 62.1. The molecule has 8 aromatic rings. The Morgan fingerprint density at radius 1 is 0.250 bits per heavy atom.